The lowest BCUT2D eigenvalue weighted by molar-refractivity contribution is 0.212. The van der Waals surface area contributed by atoms with Crippen LogP contribution < -0.4 is 5.32 Å². The maximum atomic E-state index is 4.67. The molecule has 4 nitrogen and oxygen atoms in total. The Bertz CT molecular complexity index is 734. The van der Waals surface area contributed by atoms with Gasteiger partial charge in [0.15, 0.2) is 5.96 Å². The Morgan fingerprint density at radius 3 is 2.60 bits per heavy atom. The second-order valence-corrected chi connectivity index (χ2v) is 7.13. The number of nitrogens with zero attached hydrogens (tertiary/aromatic N) is 3. The van der Waals surface area contributed by atoms with E-state index in [9.17, 15) is 0 Å². The van der Waals surface area contributed by atoms with Crippen LogP contribution in [0.5, 0.6) is 0 Å². The molecular weight excluding hydrogens is 308 g/mol. The molecule has 0 aromatic heterocycles. The summed E-state index contributed by atoms with van der Waals surface area (Å²) in [6, 6.07) is 15.2. The zero-order valence-corrected chi connectivity index (χ0v) is 15.0. The van der Waals surface area contributed by atoms with Crippen molar-refractivity contribution in [1.29, 1.82) is 0 Å². The van der Waals surface area contributed by atoms with E-state index in [1.807, 2.05) is 0 Å². The molecule has 4 heteroatoms. The van der Waals surface area contributed by atoms with Crippen molar-refractivity contribution in [2.24, 2.45) is 4.99 Å². The molecule has 25 heavy (non-hydrogen) atoms. The van der Waals surface area contributed by atoms with E-state index in [1.165, 1.54) is 48.7 Å². The molecule has 1 N–H and O–H groups in total. The molecule has 0 radical (unpaired) electrons. The van der Waals surface area contributed by atoms with Crippen molar-refractivity contribution < 1.29 is 0 Å². The minimum atomic E-state index is 0.837. The first-order valence-corrected chi connectivity index (χ1v) is 9.62. The van der Waals surface area contributed by atoms with Gasteiger partial charge in [0.1, 0.15) is 0 Å². The molecule has 0 aliphatic carbocycles. The van der Waals surface area contributed by atoms with Crippen LogP contribution in [0.2, 0.25) is 0 Å². The van der Waals surface area contributed by atoms with Crippen LogP contribution >= 0.6 is 0 Å². The first-order chi connectivity index (χ1) is 12.4. The number of aliphatic imine (C=N–C) groups is 1. The van der Waals surface area contributed by atoms with Crippen molar-refractivity contribution in [1.82, 2.24) is 15.1 Å². The van der Waals surface area contributed by atoms with Gasteiger partial charge in [-0.05, 0) is 48.3 Å². The maximum absolute atomic E-state index is 4.67. The molecule has 0 amide bonds. The third kappa shape index (κ3) is 4.13. The summed E-state index contributed by atoms with van der Waals surface area (Å²) in [6.45, 7) is 7.59. The predicted octanol–water partition coefficient (Wildman–Crippen LogP) is 3.09. The fraction of sp³-hybridized carbons (Fsp3) is 0.476. The van der Waals surface area contributed by atoms with Crippen molar-refractivity contribution in [2.75, 3.05) is 39.3 Å². The van der Waals surface area contributed by atoms with Crippen LogP contribution in [0.25, 0.3) is 10.8 Å². The Balaban J connectivity index is 1.31. The highest BCUT2D eigenvalue weighted by molar-refractivity contribution is 5.84. The van der Waals surface area contributed by atoms with E-state index in [1.54, 1.807) is 0 Å². The fourth-order valence-electron chi connectivity index (χ4n) is 3.84. The van der Waals surface area contributed by atoms with Gasteiger partial charge in [-0.3, -0.25) is 4.99 Å². The zero-order valence-electron chi connectivity index (χ0n) is 15.0. The summed E-state index contributed by atoms with van der Waals surface area (Å²) in [7, 11) is 0. The second-order valence-electron chi connectivity index (χ2n) is 7.13. The summed E-state index contributed by atoms with van der Waals surface area (Å²) in [4.78, 5) is 9.68. The maximum Gasteiger partial charge on any atom is 0.194 e. The standard InChI is InChI=1S/C21H28N4/c1-4-11-24(12-5-1)14-15-25-13-10-22-21(25)23-17-18-8-9-19-6-2-3-7-20(19)16-18/h2-3,6-9,16H,1,4-5,10-15,17H2,(H,22,23). The normalized spacial score (nSPS) is 18.6. The van der Waals surface area contributed by atoms with E-state index in [0.717, 1.165) is 38.7 Å². The van der Waals surface area contributed by atoms with E-state index in [2.05, 4.69) is 62.6 Å². The fourth-order valence-corrected chi connectivity index (χ4v) is 3.84. The Morgan fingerprint density at radius 2 is 1.72 bits per heavy atom. The lowest BCUT2D eigenvalue weighted by Crippen LogP contribution is -2.43. The molecule has 132 valence electrons. The van der Waals surface area contributed by atoms with Crippen LogP contribution in [0.15, 0.2) is 47.5 Å². The number of hydrogen-bond acceptors (Lipinski definition) is 4. The number of fused-ring (bicyclic) bond motifs is 1. The number of rotatable bonds is 5. The Labute approximate surface area is 150 Å². The first kappa shape index (κ1) is 16.4. The van der Waals surface area contributed by atoms with Gasteiger partial charge in [-0.25, -0.2) is 0 Å². The van der Waals surface area contributed by atoms with E-state index in [0.29, 0.717) is 0 Å². The molecule has 0 spiro atoms. The van der Waals surface area contributed by atoms with Crippen molar-refractivity contribution >= 4 is 16.7 Å². The molecule has 0 unspecified atom stereocenters. The molecular formula is C21H28N4. The van der Waals surface area contributed by atoms with Crippen LogP contribution in [-0.2, 0) is 6.54 Å². The van der Waals surface area contributed by atoms with Gasteiger partial charge in [0.05, 0.1) is 6.54 Å². The SMILES string of the molecule is c1ccc2cc(CNC3=NCCN3CCN3CCCCC3)ccc2c1. The molecule has 0 saturated carbocycles. The van der Waals surface area contributed by atoms with Crippen molar-refractivity contribution in [2.45, 2.75) is 25.8 Å². The Morgan fingerprint density at radius 1 is 0.880 bits per heavy atom. The summed E-state index contributed by atoms with van der Waals surface area (Å²) in [5.74, 6) is 1.07. The molecule has 4 rings (SSSR count). The molecule has 2 aliphatic heterocycles. The van der Waals surface area contributed by atoms with Crippen molar-refractivity contribution in [3.63, 3.8) is 0 Å². The van der Waals surface area contributed by atoms with E-state index in [-0.39, 0.29) is 0 Å². The van der Waals surface area contributed by atoms with Gasteiger partial charge < -0.3 is 15.1 Å². The average molecular weight is 336 g/mol. The van der Waals surface area contributed by atoms with Crippen LogP contribution in [0.4, 0.5) is 0 Å². The Kier molecular flexibility index (Phi) is 5.17. The number of nitrogens with one attached hydrogen (secondary N) is 1. The monoisotopic (exact) mass is 336 g/mol. The molecule has 2 aromatic carbocycles. The molecule has 1 fully saturated rings. The van der Waals surface area contributed by atoms with Gasteiger partial charge in [0, 0.05) is 26.2 Å². The Hall–Kier alpha value is -2.07. The molecule has 2 aromatic rings. The molecule has 0 bridgehead atoms. The number of benzene rings is 2. The predicted molar refractivity (Wildman–Crippen MR) is 105 cm³/mol. The molecule has 0 atom stereocenters. The van der Waals surface area contributed by atoms with Crippen LogP contribution in [0.1, 0.15) is 24.8 Å². The van der Waals surface area contributed by atoms with Crippen molar-refractivity contribution in [3.8, 4) is 0 Å². The summed E-state index contributed by atoms with van der Waals surface area (Å²) in [5, 5.41) is 6.16. The van der Waals surface area contributed by atoms with Gasteiger partial charge in [-0.15, -0.1) is 0 Å². The highest BCUT2D eigenvalue weighted by Crippen LogP contribution is 2.16. The number of piperidine rings is 1. The van der Waals surface area contributed by atoms with E-state index in [4.69, 9.17) is 0 Å². The minimum absolute atomic E-state index is 0.837. The van der Waals surface area contributed by atoms with Gasteiger partial charge >= 0.3 is 0 Å². The summed E-state index contributed by atoms with van der Waals surface area (Å²) < 4.78 is 0. The van der Waals surface area contributed by atoms with Gasteiger partial charge in [0.2, 0.25) is 0 Å². The first-order valence-electron chi connectivity index (χ1n) is 9.62. The number of guanidine groups is 1. The van der Waals surface area contributed by atoms with Gasteiger partial charge in [-0.1, -0.05) is 42.8 Å². The van der Waals surface area contributed by atoms with Crippen LogP contribution in [-0.4, -0.2) is 55.0 Å². The average Bonchev–Trinajstić information content (AvgIpc) is 3.13. The lowest BCUT2D eigenvalue weighted by atomic mass is 10.1. The van der Waals surface area contributed by atoms with Crippen LogP contribution in [0, 0.1) is 0 Å². The van der Waals surface area contributed by atoms with Gasteiger partial charge in [0.25, 0.3) is 0 Å². The zero-order chi connectivity index (χ0) is 16.9. The lowest BCUT2D eigenvalue weighted by Gasteiger charge is -2.29. The van der Waals surface area contributed by atoms with Gasteiger partial charge in [-0.2, -0.15) is 0 Å². The summed E-state index contributed by atoms with van der Waals surface area (Å²) in [5.41, 5.74) is 1.31. The third-order valence-electron chi connectivity index (χ3n) is 5.33. The topological polar surface area (TPSA) is 30.9 Å². The number of hydrogen-bond donors (Lipinski definition) is 1. The van der Waals surface area contributed by atoms with E-state index < -0.39 is 0 Å². The largest absolute Gasteiger partial charge is 0.352 e. The molecule has 2 heterocycles. The summed E-state index contributed by atoms with van der Waals surface area (Å²) in [6.07, 6.45) is 4.13. The van der Waals surface area contributed by atoms with Crippen LogP contribution in [0.3, 0.4) is 0 Å². The smallest absolute Gasteiger partial charge is 0.194 e. The van der Waals surface area contributed by atoms with Crippen molar-refractivity contribution in [3.05, 3.63) is 48.0 Å². The summed E-state index contributed by atoms with van der Waals surface area (Å²) >= 11 is 0. The quantitative estimate of drug-likeness (QED) is 0.910. The number of likely N-dealkylation sites (tertiary alicyclic amines) is 1. The van der Waals surface area contributed by atoms with E-state index >= 15 is 0 Å². The second kappa shape index (κ2) is 7.87. The third-order valence-corrected chi connectivity index (χ3v) is 5.33. The minimum Gasteiger partial charge on any atom is -0.352 e. The highest BCUT2D eigenvalue weighted by Gasteiger charge is 2.18. The molecule has 1 saturated heterocycles. The highest BCUT2D eigenvalue weighted by atomic mass is 15.3. The molecule has 2 aliphatic rings.